The number of alkyl halides is 7. The molecule has 88 valence electrons. The number of nitrogens with zero attached hydrogens (tertiary/aromatic N) is 2. The Morgan fingerprint density at radius 2 is 1.60 bits per heavy atom. The predicted molar refractivity (Wildman–Crippen MR) is 29.5 cm³/mol. The van der Waals surface area contributed by atoms with Crippen molar-refractivity contribution >= 4 is 6.09 Å². The van der Waals surface area contributed by atoms with Gasteiger partial charge in [0.25, 0.3) is 6.09 Å². The molecule has 1 aliphatic rings. The van der Waals surface area contributed by atoms with Crippen molar-refractivity contribution in [2.45, 2.75) is 18.6 Å². The van der Waals surface area contributed by atoms with Crippen LogP contribution in [0.3, 0.4) is 0 Å². The van der Waals surface area contributed by atoms with Gasteiger partial charge in [0, 0.05) is 0 Å². The van der Waals surface area contributed by atoms with Crippen molar-refractivity contribution in [3.8, 4) is 0 Å². The molecule has 0 atom stereocenters. The number of aliphatic imine (C=N–C) groups is 1. The van der Waals surface area contributed by atoms with Crippen molar-refractivity contribution in [1.82, 2.24) is 10.2 Å². The minimum atomic E-state index is -5.87. The van der Waals surface area contributed by atoms with Gasteiger partial charge in [-0.3, -0.25) is 0 Å². The fourth-order valence-corrected chi connectivity index (χ4v) is 0.810. The first-order valence-corrected chi connectivity index (χ1v) is 3.13. The molecular formula is C4HF8N3. The standard InChI is InChI=1S/C4HF8N3/c5-1-13-3(9,10)14-4(11,12)15(1)2(6,7)8/h14H. The van der Waals surface area contributed by atoms with Gasteiger partial charge in [0.15, 0.2) is 0 Å². The molecule has 0 aromatic rings. The van der Waals surface area contributed by atoms with Crippen LogP contribution in [0, 0.1) is 0 Å². The first kappa shape index (κ1) is 11.9. The molecule has 1 N–H and O–H groups in total. The van der Waals surface area contributed by atoms with Crippen LogP contribution in [0.25, 0.3) is 0 Å². The van der Waals surface area contributed by atoms with Crippen LogP contribution in [0.4, 0.5) is 35.1 Å². The van der Waals surface area contributed by atoms with E-state index in [2.05, 4.69) is 0 Å². The maximum Gasteiger partial charge on any atom is 0.493 e. The lowest BCUT2D eigenvalue weighted by molar-refractivity contribution is -0.335. The molecule has 0 fully saturated rings. The Balaban J connectivity index is 3.18. The third-order valence-electron chi connectivity index (χ3n) is 1.25. The zero-order valence-corrected chi connectivity index (χ0v) is 6.42. The summed E-state index contributed by atoms with van der Waals surface area (Å²) in [5, 5.41) is -0.0692. The van der Waals surface area contributed by atoms with E-state index in [1.165, 1.54) is 4.99 Å². The highest BCUT2D eigenvalue weighted by Crippen LogP contribution is 2.37. The third-order valence-corrected chi connectivity index (χ3v) is 1.25. The van der Waals surface area contributed by atoms with Gasteiger partial charge in [-0.2, -0.15) is 37.2 Å². The van der Waals surface area contributed by atoms with E-state index in [4.69, 9.17) is 0 Å². The van der Waals surface area contributed by atoms with E-state index in [0.717, 1.165) is 0 Å². The molecule has 0 saturated carbocycles. The first-order valence-electron chi connectivity index (χ1n) is 3.13. The van der Waals surface area contributed by atoms with E-state index in [0.29, 0.717) is 0 Å². The smallest absolute Gasteiger partial charge is 0.167 e. The molecule has 3 nitrogen and oxygen atoms in total. The van der Waals surface area contributed by atoms with Crippen molar-refractivity contribution in [1.29, 1.82) is 0 Å². The van der Waals surface area contributed by atoms with Crippen LogP contribution >= 0.6 is 0 Å². The molecular weight excluding hydrogens is 242 g/mol. The average molecular weight is 243 g/mol. The maximum atomic E-state index is 12.4. The lowest BCUT2D eigenvalue weighted by Gasteiger charge is -2.36. The van der Waals surface area contributed by atoms with Crippen molar-refractivity contribution in [2.24, 2.45) is 4.99 Å². The topological polar surface area (TPSA) is 27.6 Å². The van der Waals surface area contributed by atoms with Crippen molar-refractivity contribution in [3.05, 3.63) is 0 Å². The van der Waals surface area contributed by atoms with Crippen LogP contribution in [0.1, 0.15) is 0 Å². The Bertz CT molecular complexity index is 293. The second kappa shape index (κ2) is 2.93. The van der Waals surface area contributed by atoms with E-state index < -0.39 is 29.6 Å². The van der Waals surface area contributed by atoms with E-state index in [-0.39, 0.29) is 5.32 Å². The van der Waals surface area contributed by atoms with Gasteiger partial charge in [0.1, 0.15) is 0 Å². The van der Waals surface area contributed by atoms with Crippen LogP contribution in [0.15, 0.2) is 4.99 Å². The summed E-state index contributed by atoms with van der Waals surface area (Å²) in [5.41, 5.74) is 0. The summed E-state index contributed by atoms with van der Waals surface area (Å²) in [4.78, 5) is -0.652. The quantitative estimate of drug-likeness (QED) is 0.519. The Morgan fingerprint density at radius 1 is 1.13 bits per heavy atom. The fourth-order valence-electron chi connectivity index (χ4n) is 0.810. The average Bonchev–Trinajstić information content (AvgIpc) is 1.71. The molecule has 0 aromatic carbocycles. The molecule has 11 heteroatoms. The Morgan fingerprint density at radius 3 is 1.93 bits per heavy atom. The molecule has 0 spiro atoms. The number of halogens is 8. The van der Waals surface area contributed by atoms with Crippen LogP contribution < -0.4 is 5.32 Å². The first-order chi connectivity index (χ1) is 6.46. The third kappa shape index (κ3) is 2.27. The van der Waals surface area contributed by atoms with E-state index in [1.807, 2.05) is 0 Å². The molecule has 1 heterocycles. The number of hydrogen-bond acceptors (Lipinski definition) is 3. The number of amidine groups is 1. The van der Waals surface area contributed by atoms with Crippen LogP contribution in [-0.4, -0.2) is 29.6 Å². The molecule has 0 saturated heterocycles. The molecule has 1 rings (SSSR count). The summed E-state index contributed by atoms with van der Waals surface area (Å²) >= 11 is 0. The van der Waals surface area contributed by atoms with Gasteiger partial charge in [0.2, 0.25) is 0 Å². The van der Waals surface area contributed by atoms with E-state index in [1.54, 1.807) is 0 Å². The molecule has 0 bridgehead atoms. The lowest BCUT2D eigenvalue weighted by atomic mass is 10.6. The molecule has 1 aliphatic heterocycles. The van der Waals surface area contributed by atoms with Crippen LogP contribution in [-0.2, 0) is 0 Å². The maximum absolute atomic E-state index is 12.4. The van der Waals surface area contributed by atoms with Crippen molar-refractivity contribution in [3.63, 3.8) is 0 Å². The number of hydrogen-bond donors (Lipinski definition) is 1. The van der Waals surface area contributed by atoms with Gasteiger partial charge in [-0.05, 0) is 0 Å². The van der Waals surface area contributed by atoms with Gasteiger partial charge in [-0.15, -0.1) is 13.2 Å². The molecule has 15 heavy (non-hydrogen) atoms. The van der Waals surface area contributed by atoms with Gasteiger partial charge < -0.3 is 0 Å². The minimum absolute atomic E-state index is 0.0692. The number of rotatable bonds is 0. The second-order valence-electron chi connectivity index (χ2n) is 2.39. The van der Waals surface area contributed by atoms with Gasteiger partial charge >= 0.3 is 18.6 Å². The van der Waals surface area contributed by atoms with Gasteiger partial charge in [-0.25, -0.2) is 0 Å². The van der Waals surface area contributed by atoms with Crippen LogP contribution in [0.2, 0.25) is 0 Å². The Hall–Kier alpha value is -1.13. The summed E-state index contributed by atoms with van der Waals surface area (Å²) in [5.74, 6) is 0. The second-order valence-corrected chi connectivity index (χ2v) is 2.39. The SMILES string of the molecule is FC1=NC(F)(F)NC(F)(F)N1C(F)(F)F. The molecule has 0 aliphatic carbocycles. The normalized spacial score (nSPS) is 25.1. The fraction of sp³-hybridized carbons (Fsp3) is 0.750. The van der Waals surface area contributed by atoms with Crippen molar-refractivity contribution in [2.75, 3.05) is 0 Å². The van der Waals surface area contributed by atoms with E-state index in [9.17, 15) is 35.1 Å². The summed E-state index contributed by atoms with van der Waals surface area (Å²) in [6, 6.07) is 0. The molecule has 0 aromatic heterocycles. The van der Waals surface area contributed by atoms with Crippen molar-refractivity contribution < 1.29 is 35.1 Å². The zero-order valence-electron chi connectivity index (χ0n) is 6.42. The predicted octanol–water partition coefficient (Wildman–Crippen LogP) is 1.84. The van der Waals surface area contributed by atoms with Gasteiger partial charge in [0.05, 0.1) is 0 Å². The summed E-state index contributed by atoms with van der Waals surface area (Å²) in [6.07, 6.45) is -19.0. The highest BCUT2D eigenvalue weighted by atomic mass is 19.4. The van der Waals surface area contributed by atoms with E-state index >= 15 is 0 Å². The molecule has 0 radical (unpaired) electrons. The zero-order chi connectivity index (χ0) is 12.1. The summed E-state index contributed by atoms with van der Waals surface area (Å²) < 4.78 is 96.6. The summed E-state index contributed by atoms with van der Waals surface area (Å²) in [7, 11) is 0. The number of nitrogens with one attached hydrogen (secondary N) is 1. The van der Waals surface area contributed by atoms with Crippen LogP contribution in [0.5, 0.6) is 0 Å². The molecule has 0 unspecified atom stereocenters. The molecule has 0 amide bonds. The monoisotopic (exact) mass is 243 g/mol. The largest absolute Gasteiger partial charge is 0.493 e. The lowest BCUT2D eigenvalue weighted by Crippen LogP contribution is -2.67. The Kier molecular flexibility index (Phi) is 2.33. The van der Waals surface area contributed by atoms with Gasteiger partial charge in [-0.1, -0.05) is 0 Å². The highest BCUT2D eigenvalue weighted by Gasteiger charge is 2.62. The summed E-state index contributed by atoms with van der Waals surface area (Å²) in [6.45, 7) is 0. The minimum Gasteiger partial charge on any atom is -0.167 e. The highest BCUT2D eigenvalue weighted by molar-refractivity contribution is 5.74. The Labute approximate surface area is 76.4 Å².